The maximum Gasteiger partial charge on any atom is 0.243 e. The Labute approximate surface area is 194 Å². The molecule has 0 saturated carbocycles. The Balaban J connectivity index is 1.31. The average Bonchev–Trinajstić information content (AvgIpc) is 2.86. The first-order valence-electron chi connectivity index (χ1n) is 11.0. The number of sulfonamides is 1. The summed E-state index contributed by atoms with van der Waals surface area (Å²) in [6.45, 7) is 1.26. The van der Waals surface area contributed by atoms with E-state index < -0.39 is 10.0 Å². The Bertz CT molecular complexity index is 1210. The van der Waals surface area contributed by atoms with Crippen molar-refractivity contribution < 1.29 is 22.7 Å². The summed E-state index contributed by atoms with van der Waals surface area (Å²) in [4.78, 5) is 12.9. The van der Waals surface area contributed by atoms with Gasteiger partial charge in [-0.1, -0.05) is 36.4 Å². The number of ether oxygens (including phenoxy) is 2. The van der Waals surface area contributed by atoms with E-state index in [9.17, 15) is 13.2 Å². The van der Waals surface area contributed by atoms with E-state index in [2.05, 4.69) is 5.32 Å². The van der Waals surface area contributed by atoms with Crippen LogP contribution < -0.4 is 14.8 Å². The molecule has 0 unspecified atom stereocenters. The minimum atomic E-state index is -3.66. The molecule has 3 aromatic carbocycles. The number of hydrogen-bond acceptors (Lipinski definition) is 5. The van der Waals surface area contributed by atoms with Gasteiger partial charge in [0.05, 0.1) is 24.5 Å². The molecule has 0 bridgehead atoms. The SMILES string of the molecule is COc1ccc(S(=O)(=O)N2CCC[C@@H](C(=O)NCCOc3cccc4ccccc34)C2)cc1. The van der Waals surface area contributed by atoms with E-state index >= 15 is 0 Å². The molecule has 1 fully saturated rings. The number of nitrogens with zero attached hydrogens (tertiary/aromatic N) is 1. The number of benzene rings is 3. The van der Waals surface area contributed by atoms with Crippen molar-refractivity contribution in [3.05, 3.63) is 66.7 Å². The maximum atomic E-state index is 13.0. The van der Waals surface area contributed by atoms with E-state index in [-0.39, 0.29) is 23.3 Å². The van der Waals surface area contributed by atoms with E-state index in [1.807, 2.05) is 42.5 Å². The smallest absolute Gasteiger partial charge is 0.243 e. The van der Waals surface area contributed by atoms with E-state index in [0.717, 1.165) is 16.5 Å². The Morgan fingerprint density at radius 3 is 2.61 bits per heavy atom. The van der Waals surface area contributed by atoms with Crippen LogP contribution in [0.25, 0.3) is 10.8 Å². The molecule has 0 aliphatic carbocycles. The predicted octanol–water partition coefficient (Wildman–Crippen LogP) is 3.44. The molecule has 7 nitrogen and oxygen atoms in total. The molecular weight excluding hydrogens is 440 g/mol. The molecule has 1 atom stereocenters. The molecule has 1 aliphatic heterocycles. The second-order valence-corrected chi connectivity index (χ2v) is 9.93. The van der Waals surface area contributed by atoms with Gasteiger partial charge in [-0.25, -0.2) is 8.42 Å². The fourth-order valence-corrected chi connectivity index (χ4v) is 5.60. The number of hydrogen-bond donors (Lipinski definition) is 1. The van der Waals surface area contributed by atoms with Crippen LogP contribution in [-0.2, 0) is 14.8 Å². The minimum Gasteiger partial charge on any atom is -0.497 e. The quantitative estimate of drug-likeness (QED) is 0.512. The minimum absolute atomic E-state index is 0.147. The first-order chi connectivity index (χ1) is 16.0. The summed E-state index contributed by atoms with van der Waals surface area (Å²) in [7, 11) is -2.13. The van der Waals surface area contributed by atoms with Gasteiger partial charge in [-0.05, 0) is 48.6 Å². The number of methoxy groups -OCH3 is 1. The van der Waals surface area contributed by atoms with Gasteiger partial charge in [0.15, 0.2) is 0 Å². The van der Waals surface area contributed by atoms with Crippen molar-refractivity contribution in [2.75, 3.05) is 33.4 Å². The summed E-state index contributed by atoms with van der Waals surface area (Å²) in [5.74, 6) is 0.836. The van der Waals surface area contributed by atoms with Crippen LogP contribution in [0.1, 0.15) is 12.8 Å². The second-order valence-electron chi connectivity index (χ2n) is 7.99. The molecular formula is C25H28N2O5S. The highest BCUT2D eigenvalue weighted by Gasteiger charge is 2.33. The molecule has 33 heavy (non-hydrogen) atoms. The molecule has 1 N–H and O–H groups in total. The first kappa shape index (κ1) is 23.1. The molecule has 1 saturated heterocycles. The van der Waals surface area contributed by atoms with Crippen LogP contribution in [0.4, 0.5) is 0 Å². The number of amides is 1. The van der Waals surface area contributed by atoms with Gasteiger partial charge < -0.3 is 14.8 Å². The molecule has 1 amide bonds. The van der Waals surface area contributed by atoms with Crippen molar-refractivity contribution in [3.63, 3.8) is 0 Å². The van der Waals surface area contributed by atoms with E-state index in [4.69, 9.17) is 9.47 Å². The fraction of sp³-hybridized carbons (Fsp3) is 0.320. The first-order valence-corrected chi connectivity index (χ1v) is 12.5. The average molecular weight is 469 g/mol. The van der Waals surface area contributed by atoms with Crippen LogP contribution in [-0.4, -0.2) is 52.0 Å². The molecule has 1 aliphatic rings. The zero-order valence-electron chi connectivity index (χ0n) is 18.6. The molecule has 174 valence electrons. The van der Waals surface area contributed by atoms with Crippen LogP contribution in [0.15, 0.2) is 71.6 Å². The van der Waals surface area contributed by atoms with Crippen LogP contribution in [0.3, 0.4) is 0 Å². The van der Waals surface area contributed by atoms with Crippen molar-refractivity contribution in [2.24, 2.45) is 5.92 Å². The van der Waals surface area contributed by atoms with Gasteiger partial charge in [-0.2, -0.15) is 4.31 Å². The number of carbonyl (C=O) groups excluding carboxylic acids is 1. The van der Waals surface area contributed by atoms with Gasteiger partial charge in [0.2, 0.25) is 15.9 Å². The molecule has 0 aromatic heterocycles. The summed E-state index contributed by atoms with van der Waals surface area (Å²) in [5.41, 5.74) is 0. The van der Waals surface area contributed by atoms with Gasteiger partial charge in [0, 0.05) is 18.5 Å². The zero-order valence-corrected chi connectivity index (χ0v) is 19.4. The van der Waals surface area contributed by atoms with Gasteiger partial charge in [-0.3, -0.25) is 4.79 Å². The summed E-state index contributed by atoms with van der Waals surface area (Å²) in [5, 5.41) is 5.02. The van der Waals surface area contributed by atoms with E-state index in [0.29, 0.717) is 38.3 Å². The van der Waals surface area contributed by atoms with Crippen LogP contribution in [0.5, 0.6) is 11.5 Å². The molecule has 0 radical (unpaired) electrons. The summed E-state index contributed by atoms with van der Waals surface area (Å²) >= 11 is 0. The van der Waals surface area contributed by atoms with Crippen molar-refractivity contribution in [1.82, 2.24) is 9.62 Å². The fourth-order valence-electron chi connectivity index (χ4n) is 4.07. The third kappa shape index (κ3) is 5.29. The van der Waals surface area contributed by atoms with Gasteiger partial charge in [-0.15, -0.1) is 0 Å². The Kier molecular flexibility index (Phi) is 7.15. The number of nitrogens with one attached hydrogen (secondary N) is 1. The molecule has 0 spiro atoms. The summed E-state index contributed by atoms with van der Waals surface area (Å²) < 4.78 is 38.4. The number of rotatable bonds is 8. The summed E-state index contributed by atoms with van der Waals surface area (Å²) in [6.07, 6.45) is 1.30. The Morgan fingerprint density at radius 2 is 1.82 bits per heavy atom. The molecule has 3 aromatic rings. The van der Waals surface area contributed by atoms with E-state index in [1.165, 1.54) is 23.5 Å². The van der Waals surface area contributed by atoms with E-state index in [1.54, 1.807) is 12.1 Å². The molecule has 8 heteroatoms. The van der Waals surface area contributed by atoms with Crippen LogP contribution >= 0.6 is 0 Å². The molecule has 1 heterocycles. The number of piperidine rings is 1. The third-order valence-corrected chi connectivity index (χ3v) is 7.74. The van der Waals surface area contributed by atoms with Crippen molar-refractivity contribution >= 4 is 26.7 Å². The lowest BCUT2D eigenvalue weighted by Gasteiger charge is -2.31. The normalized spacial score (nSPS) is 16.9. The molecule has 4 rings (SSSR count). The largest absolute Gasteiger partial charge is 0.497 e. The van der Waals surface area contributed by atoms with Crippen molar-refractivity contribution in [3.8, 4) is 11.5 Å². The van der Waals surface area contributed by atoms with Crippen molar-refractivity contribution in [1.29, 1.82) is 0 Å². The zero-order chi connectivity index (χ0) is 23.3. The number of fused-ring (bicyclic) bond motifs is 1. The topological polar surface area (TPSA) is 84.9 Å². The lowest BCUT2D eigenvalue weighted by molar-refractivity contribution is -0.126. The standard InChI is InChI=1S/C25H28N2O5S/c1-31-21-11-13-22(14-12-21)33(29,30)27-16-5-8-20(18-27)25(28)26-15-17-32-24-10-4-7-19-6-2-3-9-23(19)24/h2-4,6-7,9-14,20H,5,8,15-18H2,1H3,(H,26,28)/t20-/m1/s1. The third-order valence-electron chi connectivity index (χ3n) is 5.86. The maximum absolute atomic E-state index is 13.0. The van der Waals surface area contributed by atoms with Gasteiger partial charge in [0.25, 0.3) is 0 Å². The highest BCUT2D eigenvalue weighted by Crippen LogP contribution is 2.26. The van der Waals surface area contributed by atoms with Crippen molar-refractivity contribution in [2.45, 2.75) is 17.7 Å². The Morgan fingerprint density at radius 1 is 1.06 bits per heavy atom. The summed E-state index contributed by atoms with van der Waals surface area (Å²) in [6, 6.07) is 20.2. The van der Waals surface area contributed by atoms with Gasteiger partial charge in [0.1, 0.15) is 18.1 Å². The Hall–Kier alpha value is -3.10. The lowest BCUT2D eigenvalue weighted by Crippen LogP contribution is -2.45. The van der Waals surface area contributed by atoms with Crippen LogP contribution in [0, 0.1) is 5.92 Å². The monoisotopic (exact) mass is 468 g/mol. The van der Waals surface area contributed by atoms with Gasteiger partial charge >= 0.3 is 0 Å². The predicted molar refractivity (Wildman–Crippen MR) is 127 cm³/mol. The highest BCUT2D eigenvalue weighted by atomic mass is 32.2. The number of carbonyl (C=O) groups is 1. The second kappa shape index (κ2) is 10.2. The van der Waals surface area contributed by atoms with Crippen LogP contribution in [0.2, 0.25) is 0 Å². The highest BCUT2D eigenvalue weighted by molar-refractivity contribution is 7.89. The lowest BCUT2D eigenvalue weighted by atomic mass is 9.99.